The molecule has 1 aliphatic rings. The average molecular weight is 454 g/mol. The molecule has 3 aromatic rings. The van der Waals surface area contributed by atoms with E-state index >= 15 is 0 Å². The number of nitrogens with zero attached hydrogens (tertiary/aromatic N) is 1. The maximum absolute atomic E-state index is 5.52. The van der Waals surface area contributed by atoms with Gasteiger partial charge in [0.2, 0.25) is 0 Å². The van der Waals surface area contributed by atoms with E-state index in [-0.39, 0.29) is 5.25 Å². The molecule has 1 heterocycles. The summed E-state index contributed by atoms with van der Waals surface area (Å²) in [5.74, 6) is 1.49. The highest BCUT2D eigenvalue weighted by molar-refractivity contribution is 9.10. The molecule has 0 aliphatic carbocycles. The Morgan fingerprint density at radius 1 is 0.929 bits per heavy atom. The van der Waals surface area contributed by atoms with Gasteiger partial charge >= 0.3 is 0 Å². The fourth-order valence-electron chi connectivity index (χ4n) is 3.27. The summed E-state index contributed by atoms with van der Waals surface area (Å²) in [5.41, 5.74) is 4.45. The Kier molecular flexibility index (Phi) is 5.74. The fraction of sp³-hybridized carbons (Fsp3) is 0.174. The molecule has 0 saturated carbocycles. The Morgan fingerprint density at radius 2 is 1.68 bits per heavy atom. The van der Waals surface area contributed by atoms with Crippen molar-refractivity contribution in [3.05, 3.63) is 82.3 Å². The summed E-state index contributed by atoms with van der Waals surface area (Å²) >= 11 is 5.36. The lowest BCUT2D eigenvalue weighted by atomic mass is 10.0. The molecule has 1 unspecified atom stereocenters. The second-order valence-electron chi connectivity index (χ2n) is 6.46. The molecule has 142 valence electrons. The minimum Gasteiger partial charge on any atom is -0.493 e. The molecule has 28 heavy (non-hydrogen) atoms. The standard InChI is InChI=1S/C23H20BrNO2S/c1-26-20-12-9-16(13-21(20)27-2)23-14-19(15-7-10-17(24)11-8-15)25-18-5-3-4-6-22(18)28-23/h3-13,23H,14H2,1-2H3. The van der Waals surface area contributed by atoms with E-state index in [0.717, 1.165) is 39.4 Å². The molecule has 1 aliphatic heterocycles. The Bertz CT molecular complexity index is 1020. The smallest absolute Gasteiger partial charge is 0.161 e. The van der Waals surface area contributed by atoms with Crippen molar-refractivity contribution in [2.75, 3.05) is 14.2 Å². The van der Waals surface area contributed by atoms with Gasteiger partial charge in [0.15, 0.2) is 11.5 Å². The van der Waals surface area contributed by atoms with Crippen LogP contribution in [0, 0.1) is 0 Å². The van der Waals surface area contributed by atoms with Gasteiger partial charge in [0.1, 0.15) is 0 Å². The van der Waals surface area contributed by atoms with E-state index in [1.54, 1.807) is 14.2 Å². The van der Waals surface area contributed by atoms with E-state index in [2.05, 4.69) is 70.5 Å². The molecule has 4 rings (SSSR count). The maximum atomic E-state index is 5.52. The van der Waals surface area contributed by atoms with Crippen LogP contribution in [-0.2, 0) is 0 Å². The number of para-hydroxylation sites is 1. The van der Waals surface area contributed by atoms with E-state index in [1.165, 1.54) is 10.5 Å². The SMILES string of the molecule is COc1ccc(C2CC(c3ccc(Br)cc3)=Nc3ccccc3S2)cc1OC. The van der Waals surface area contributed by atoms with E-state index in [9.17, 15) is 0 Å². The van der Waals surface area contributed by atoms with E-state index < -0.39 is 0 Å². The normalized spacial score (nSPS) is 16.0. The molecule has 0 radical (unpaired) electrons. The highest BCUT2D eigenvalue weighted by Crippen LogP contribution is 2.46. The van der Waals surface area contributed by atoms with Gasteiger partial charge in [0.25, 0.3) is 0 Å². The number of fused-ring (bicyclic) bond motifs is 1. The summed E-state index contributed by atoms with van der Waals surface area (Å²) in [6.07, 6.45) is 0.830. The molecule has 5 heteroatoms. The lowest BCUT2D eigenvalue weighted by molar-refractivity contribution is 0.354. The highest BCUT2D eigenvalue weighted by atomic mass is 79.9. The lowest BCUT2D eigenvalue weighted by Gasteiger charge is -2.18. The first-order chi connectivity index (χ1) is 13.7. The van der Waals surface area contributed by atoms with Crippen LogP contribution < -0.4 is 9.47 Å². The highest BCUT2D eigenvalue weighted by Gasteiger charge is 2.23. The minimum absolute atomic E-state index is 0.228. The fourth-order valence-corrected chi connectivity index (χ4v) is 4.76. The van der Waals surface area contributed by atoms with Gasteiger partial charge in [-0.3, -0.25) is 4.99 Å². The first-order valence-corrected chi connectivity index (χ1v) is 10.7. The summed E-state index contributed by atoms with van der Waals surface area (Å²) < 4.78 is 12.0. The summed E-state index contributed by atoms with van der Waals surface area (Å²) in [6, 6.07) is 22.9. The molecule has 0 saturated heterocycles. The van der Waals surface area contributed by atoms with Crippen molar-refractivity contribution >= 4 is 39.1 Å². The second-order valence-corrected chi connectivity index (χ2v) is 8.62. The third-order valence-electron chi connectivity index (χ3n) is 4.73. The van der Waals surface area contributed by atoms with Crippen LogP contribution in [0.3, 0.4) is 0 Å². The van der Waals surface area contributed by atoms with Crippen molar-refractivity contribution in [1.29, 1.82) is 0 Å². The van der Waals surface area contributed by atoms with Gasteiger partial charge < -0.3 is 9.47 Å². The third kappa shape index (κ3) is 3.96. The molecule has 0 amide bonds. The Morgan fingerprint density at radius 3 is 2.43 bits per heavy atom. The van der Waals surface area contributed by atoms with E-state index in [4.69, 9.17) is 14.5 Å². The van der Waals surface area contributed by atoms with Crippen molar-refractivity contribution in [2.24, 2.45) is 4.99 Å². The number of aliphatic imine (C=N–C) groups is 1. The third-order valence-corrected chi connectivity index (χ3v) is 6.58. The summed E-state index contributed by atoms with van der Waals surface area (Å²) in [6.45, 7) is 0. The van der Waals surface area contributed by atoms with Gasteiger partial charge in [0.05, 0.1) is 19.9 Å². The van der Waals surface area contributed by atoms with Crippen LogP contribution in [0.2, 0.25) is 0 Å². The molecular weight excluding hydrogens is 434 g/mol. The van der Waals surface area contributed by atoms with Gasteiger partial charge in [0, 0.05) is 26.8 Å². The van der Waals surface area contributed by atoms with Crippen LogP contribution in [-0.4, -0.2) is 19.9 Å². The van der Waals surface area contributed by atoms with Gasteiger partial charge in [-0.15, -0.1) is 11.8 Å². The van der Waals surface area contributed by atoms with Crippen LogP contribution in [0.5, 0.6) is 11.5 Å². The zero-order valence-electron chi connectivity index (χ0n) is 15.7. The van der Waals surface area contributed by atoms with E-state index in [1.807, 2.05) is 23.9 Å². The zero-order valence-corrected chi connectivity index (χ0v) is 18.1. The van der Waals surface area contributed by atoms with E-state index in [0.29, 0.717) is 0 Å². The number of methoxy groups -OCH3 is 2. The summed E-state index contributed by atoms with van der Waals surface area (Å²) in [4.78, 5) is 6.20. The lowest BCUT2D eigenvalue weighted by Crippen LogP contribution is -2.05. The average Bonchev–Trinajstić information content (AvgIpc) is 2.93. The molecule has 0 fully saturated rings. The number of hydrogen-bond acceptors (Lipinski definition) is 4. The van der Waals surface area contributed by atoms with Crippen molar-refractivity contribution in [1.82, 2.24) is 0 Å². The predicted molar refractivity (Wildman–Crippen MR) is 120 cm³/mol. The zero-order chi connectivity index (χ0) is 19.5. The monoisotopic (exact) mass is 453 g/mol. The number of ether oxygens (including phenoxy) is 2. The van der Waals surface area contributed by atoms with Gasteiger partial charge in [-0.25, -0.2) is 0 Å². The largest absolute Gasteiger partial charge is 0.493 e. The second kappa shape index (κ2) is 8.41. The summed E-state index contributed by atoms with van der Waals surface area (Å²) in [7, 11) is 3.33. The molecule has 0 bridgehead atoms. The molecule has 0 aromatic heterocycles. The number of halogens is 1. The van der Waals surface area contributed by atoms with Crippen LogP contribution in [0.1, 0.15) is 22.8 Å². The number of thioether (sulfide) groups is 1. The van der Waals surface area contributed by atoms with Gasteiger partial charge in [-0.05, 0) is 47.5 Å². The van der Waals surface area contributed by atoms with Gasteiger partial charge in [-0.2, -0.15) is 0 Å². The van der Waals surface area contributed by atoms with Gasteiger partial charge in [-0.1, -0.05) is 46.3 Å². The molecule has 1 atom stereocenters. The maximum Gasteiger partial charge on any atom is 0.161 e. The first-order valence-electron chi connectivity index (χ1n) is 8.99. The quantitative estimate of drug-likeness (QED) is 0.433. The van der Waals surface area contributed by atoms with Crippen LogP contribution in [0.25, 0.3) is 0 Å². The molecule has 3 aromatic carbocycles. The summed E-state index contributed by atoms with van der Waals surface area (Å²) in [5, 5.41) is 0.228. The topological polar surface area (TPSA) is 30.8 Å². The molecule has 0 spiro atoms. The molecule has 3 nitrogen and oxygen atoms in total. The Labute approximate surface area is 177 Å². The number of rotatable bonds is 4. The molecular formula is C23H20BrNO2S. The van der Waals surface area contributed by atoms with Crippen molar-refractivity contribution in [3.63, 3.8) is 0 Å². The predicted octanol–water partition coefficient (Wildman–Crippen LogP) is 6.82. The Balaban J connectivity index is 1.77. The van der Waals surface area contributed by atoms with Crippen molar-refractivity contribution in [3.8, 4) is 11.5 Å². The van der Waals surface area contributed by atoms with Crippen LogP contribution in [0.15, 0.2) is 81.1 Å². The van der Waals surface area contributed by atoms with Crippen LogP contribution in [0.4, 0.5) is 5.69 Å². The van der Waals surface area contributed by atoms with Crippen LogP contribution >= 0.6 is 27.7 Å². The van der Waals surface area contributed by atoms with Crippen molar-refractivity contribution in [2.45, 2.75) is 16.6 Å². The number of hydrogen-bond donors (Lipinski definition) is 0. The minimum atomic E-state index is 0.228. The molecule has 0 N–H and O–H groups in total. The van der Waals surface area contributed by atoms with Crippen molar-refractivity contribution < 1.29 is 9.47 Å². The number of benzene rings is 3. The Hall–Kier alpha value is -2.24. The first kappa shape index (κ1) is 19.1.